The number of amides is 2. The molecular formula is C7H14N2O2. The summed E-state index contributed by atoms with van der Waals surface area (Å²) in [6.45, 7) is 0.989. The second-order valence-electron chi connectivity index (χ2n) is 2.70. The molecule has 1 rings (SSSR count). The van der Waals surface area contributed by atoms with Crippen LogP contribution < -0.4 is 5.32 Å². The van der Waals surface area contributed by atoms with Gasteiger partial charge in [0.05, 0.1) is 0 Å². The molecule has 4 heteroatoms. The first kappa shape index (κ1) is 8.33. The normalized spacial score (nSPS) is 22.7. The first-order chi connectivity index (χ1) is 5.29. The van der Waals surface area contributed by atoms with Crippen LogP contribution in [-0.4, -0.2) is 42.3 Å². The molecule has 0 bridgehead atoms. The average Bonchev–Trinajstić information content (AvgIpc) is 1.98. The van der Waals surface area contributed by atoms with Crippen LogP contribution in [0.2, 0.25) is 0 Å². The van der Waals surface area contributed by atoms with Crippen LogP contribution in [-0.2, 0) is 0 Å². The molecule has 1 atom stereocenters. The van der Waals surface area contributed by atoms with E-state index in [9.17, 15) is 4.79 Å². The Labute approximate surface area is 66.2 Å². The maximum atomic E-state index is 11.0. The number of aliphatic hydroxyl groups excluding tert-OH is 1. The molecule has 1 heterocycles. The fourth-order valence-corrected chi connectivity index (χ4v) is 1.30. The Balaban J connectivity index is 2.30. The van der Waals surface area contributed by atoms with Crippen molar-refractivity contribution in [2.24, 2.45) is 0 Å². The predicted molar refractivity (Wildman–Crippen MR) is 41.3 cm³/mol. The molecule has 2 amide bonds. The van der Waals surface area contributed by atoms with Crippen LogP contribution in [0.25, 0.3) is 0 Å². The fourth-order valence-electron chi connectivity index (χ4n) is 1.30. The van der Waals surface area contributed by atoms with Crippen LogP contribution >= 0.6 is 0 Å². The van der Waals surface area contributed by atoms with Gasteiger partial charge in [-0.2, -0.15) is 0 Å². The number of carbonyl (C=O) groups is 1. The van der Waals surface area contributed by atoms with Gasteiger partial charge in [-0.1, -0.05) is 0 Å². The summed E-state index contributed by atoms with van der Waals surface area (Å²) in [7, 11) is 1.62. The van der Waals surface area contributed by atoms with Crippen LogP contribution in [0.3, 0.4) is 0 Å². The number of nitrogens with one attached hydrogen (secondary N) is 1. The molecule has 11 heavy (non-hydrogen) atoms. The molecule has 0 spiro atoms. The zero-order valence-corrected chi connectivity index (χ0v) is 6.71. The highest BCUT2D eigenvalue weighted by molar-refractivity contribution is 5.75. The van der Waals surface area contributed by atoms with E-state index in [0.29, 0.717) is 6.42 Å². The minimum absolute atomic E-state index is 0.0327. The Morgan fingerprint density at radius 1 is 1.82 bits per heavy atom. The topological polar surface area (TPSA) is 52.6 Å². The molecule has 1 saturated heterocycles. The van der Waals surface area contributed by atoms with Crippen LogP contribution in [0.15, 0.2) is 0 Å². The molecule has 0 radical (unpaired) electrons. The van der Waals surface area contributed by atoms with E-state index in [1.54, 1.807) is 11.9 Å². The van der Waals surface area contributed by atoms with Crippen LogP contribution in [0.4, 0.5) is 4.79 Å². The van der Waals surface area contributed by atoms with E-state index in [0.717, 1.165) is 13.0 Å². The lowest BCUT2D eigenvalue weighted by molar-refractivity contribution is 0.0962. The second kappa shape index (κ2) is 3.57. The summed E-state index contributed by atoms with van der Waals surface area (Å²) >= 11 is 0. The number of nitrogens with zero attached hydrogens (tertiary/aromatic N) is 1. The van der Waals surface area contributed by atoms with Crippen molar-refractivity contribution in [2.45, 2.75) is 18.9 Å². The molecule has 0 aromatic heterocycles. The number of likely N-dealkylation sites (tertiary alicyclic amines) is 1. The smallest absolute Gasteiger partial charge is 0.317 e. The third-order valence-corrected chi connectivity index (χ3v) is 2.08. The van der Waals surface area contributed by atoms with E-state index in [1.807, 2.05) is 0 Å². The Hall–Kier alpha value is -0.770. The van der Waals surface area contributed by atoms with Crippen molar-refractivity contribution in [3.63, 3.8) is 0 Å². The van der Waals surface area contributed by atoms with E-state index >= 15 is 0 Å². The molecule has 0 aromatic carbocycles. The average molecular weight is 158 g/mol. The van der Waals surface area contributed by atoms with Crippen molar-refractivity contribution in [1.82, 2.24) is 10.2 Å². The molecule has 1 fully saturated rings. The van der Waals surface area contributed by atoms with Crippen molar-refractivity contribution in [3.8, 4) is 0 Å². The quantitative estimate of drug-likeness (QED) is 0.584. The van der Waals surface area contributed by atoms with Crippen molar-refractivity contribution in [2.75, 3.05) is 20.2 Å². The first-order valence-electron chi connectivity index (χ1n) is 3.88. The summed E-state index contributed by atoms with van der Waals surface area (Å²) < 4.78 is 0. The van der Waals surface area contributed by atoms with Crippen LogP contribution in [0.5, 0.6) is 0 Å². The van der Waals surface area contributed by atoms with Gasteiger partial charge in [0.25, 0.3) is 0 Å². The monoisotopic (exact) mass is 158 g/mol. The molecule has 0 aromatic rings. The van der Waals surface area contributed by atoms with E-state index in [-0.39, 0.29) is 18.7 Å². The molecule has 1 aliphatic heterocycles. The lowest BCUT2D eigenvalue weighted by atomic mass is 10.0. The van der Waals surface area contributed by atoms with Gasteiger partial charge < -0.3 is 15.3 Å². The van der Waals surface area contributed by atoms with Crippen LogP contribution in [0, 0.1) is 0 Å². The highest BCUT2D eigenvalue weighted by Gasteiger charge is 2.30. The molecule has 0 aliphatic carbocycles. The summed E-state index contributed by atoms with van der Waals surface area (Å²) in [5, 5.41) is 11.2. The molecule has 1 unspecified atom stereocenters. The predicted octanol–water partition coefficient (Wildman–Crippen LogP) is -0.217. The maximum absolute atomic E-state index is 11.0. The minimum atomic E-state index is -0.0327. The van der Waals surface area contributed by atoms with E-state index in [2.05, 4.69) is 5.32 Å². The molecular weight excluding hydrogens is 144 g/mol. The molecule has 4 nitrogen and oxygen atoms in total. The lowest BCUT2D eigenvalue weighted by Crippen LogP contribution is -2.54. The Morgan fingerprint density at radius 3 is 2.91 bits per heavy atom. The van der Waals surface area contributed by atoms with Gasteiger partial charge in [-0.15, -0.1) is 0 Å². The molecule has 0 saturated carbocycles. The lowest BCUT2D eigenvalue weighted by Gasteiger charge is -2.40. The molecule has 64 valence electrons. The number of aliphatic hydroxyl groups is 1. The molecule has 1 aliphatic rings. The Bertz CT molecular complexity index is 149. The number of rotatable bonds is 2. The van der Waals surface area contributed by atoms with Crippen molar-refractivity contribution in [1.29, 1.82) is 0 Å². The number of carbonyl (C=O) groups excluding carboxylic acids is 1. The Morgan fingerprint density at radius 2 is 2.55 bits per heavy atom. The minimum Gasteiger partial charge on any atom is -0.396 e. The van der Waals surface area contributed by atoms with Crippen molar-refractivity contribution >= 4 is 6.03 Å². The number of hydrogen-bond acceptors (Lipinski definition) is 2. The van der Waals surface area contributed by atoms with Crippen LogP contribution in [0.1, 0.15) is 12.8 Å². The summed E-state index contributed by atoms with van der Waals surface area (Å²) in [6.07, 6.45) is 1.72. The van der Waals surface area contributed by atoms with Gasteiger partial charge in [-0.25, -0.2) is 4.79 Å². The summed E-state index contributed by atoms with van der Waals surface area (Å²) in [6, 6.07) is 0.231. The van der Waals surface area contributed by atoms with Crippen molar-refractivity contribution in [3.05, 3.63) is 0 Å². The highest BCUT2D eigenvalue weighted by atomic mass is 16.3. The zero-order chi connectivity index (χ0) is 8.27. The van der Waals surface area contributed by atoms with E-state index in [4.69, 9.17) is 5.11 Å². The van der Waals surface area contributed by atoms with Gasteiger partial charge in [0.1, 0.15) is 0 Å². The van der Waals surface area contributed by atoms with Gasteiger partial charge in [0.2, 0.25) is 0 Å². The number of hydrogen-bond donors (Lipinski definition) is 2. The second-order valence-corrected chi connectivity index (χ2v) is 2.70. The first-order valence-corrected chi connectivity index (χ1v) is 3.88. The van der Waals surface area contributed by atoms with E-state index in [1.165, 1.54) is 0 Å². The SMILES string of the molecule is CNC(=O)N1CCC1CCO. The van der Waals surface area contributed by atoms with Gasteiger partial charge in [-0.05, 0) is 12.8 Å². The van der Waals surface area contributed by atoms with Crippen molar-refractivity contribution < 1.29 is 9.90 Å². The van der Waals surface area contributed by atoms with Gasteiger partial charge >= 0.3 is 6.03 Å². The van der Waals surface area contributed by atoms with Gasteiger partial charge in [0, 0.05) is 26.2 Å². The largest absolute Gasteiger partial charge is 0.396 e. The third kappa shape index (κ3) is 1.63. The highest BCUT2D eigenvalue weighted by Crippen LogP contribution is 2.19. The third-order valence-electron chi connectivity index (χ3n) is 2.08. The fraction of sp³-hybridized carbons (Fsp3) is 0.857. The molecule has 2 N–H and O–H groups in total. The standard InChI is InChI=1S/C7H14N2O2/c1-8-7(11)9-4-2-6(9)3-5-10/h6,10H,2-5H2,1H3,(H,8,11). The maximum Gasteiger partial charge on any atom is 0.317 e. The number of urea groups is 1. The Kier molecular flexibility index (Phi) is 2.70. The van der Waals surface area contributed by atoms with E-state index < -0.39 is 0 Å². The summed E-state index contributed by atoms with van der Waals surface area (Å²) in [5.41, 5.74) is 0. The zero-order valence-electron chi connectivity index (χ0n) is 6.71. The van der Waals surface area contributed by atoms with Gasteiger partial charge in [0.15, 0.2) is 0 Å². The summed E-state index contributed by atoms with van der Waals surface area (Å²) in [4.78, 5) is 12.8. The van der Waals surface area contributed by atoms with Gasteiger partial charge in [-0.3, -0.25) is 0 Å². The summed E-state index contributed by atoms with van der Waals surface area (Å²) in [5.74, 6) is 0.